The number of nitrogens with zero attached hydrogens (tertiary/aromatic N) is 4. The molecule has 0 unspecified atom stereocenters. The highest BCUT2D eigenvalue weighted by atomic mass is 79.9. The summed E-state index contributed by atoms with van der Waals surface area (Å²) in [6, 6.07) is 0. The highest BCUT2D eigenvalue weighted by Crippen LogP contribution is 2.19. The Labute approximate surface area is 251 Å². The lowest BCUT2D eigenvalue weighted by Gasteiger charge is -2.39. The molecule has 4 nitrogen and oxygen atoms in total. The van der Waals surface area contributed by atoms with Crippen molar-refractivity contribution >= 4 is 56.6 Å². The monoisotopic (exact) mass is 678 g/mol. The van der Waals surface area contributed by atoms with Crippen LogP contribution in [0.4, 0.5) is 0 Å². The lowest BCUT2D eigenvalue weighted by atomic mass is 10.1. The Balaban J connectivity index is 0.00000544. The summed E-state index contributed by atoms with van der Waals surface area (Å²) in [5.74, 6) is 2.39. The van der Waals surface area contributed by atoms with Crippen molar-refractivity contribution in [1.82, 2.24) is 9.80 Å². The second-order valence-corrected chi connectivity index (χ2v) is 14.3. The molecule has 0 saturated carbocycles. The topological polar surface area (TPSA) is 6.48 Å². The smallest absolute Gasteiger partial charge is 0.136 e. The molecule has 0 aromatic heterocycles. The summed E-state index contributed by atoms with van der Waals surface area (Å²) >= 11 is 15.1. The Kier molecular flexibility index (Phi) is 19.3. The molecule has 0 N–H and O–H groups in total. The van der Waals surface area contributed by atoms with Crippen LogP contribution in [-0.4, -0.2) is 119 Å². The Morgan fingerprint density at radius 2 is 0.824 bits per heavy atom. The van der Waals surface area contributed by atoms with Crippen molar-refractivity contribution in [3.8, 4) is 0 Å². The van der Waals surface area contributed by atoms with Crippen LogP contribution in [0.15, 0.2) is 0 Å². The maximum Gasteiger partial charge on any atom is 0.136 e. The number of thioether (sulfide) groups is 2. The molecule has 2 aliphatic heterocycles. The first kappa shape index (κ1) is 35.4. The third kappa shape index (κ3) is 14.9. The first-order valence-electron chi connectivity index (χ1n) is 12.7. The molecule has 0 atom stereocenters. The van der Waals surface area contributed by atoms with Crippen molar-refractivity contribution in [3.05, 3.63) is 0 Å². The molecule has 0 aromatic carbocycles. The van der Waals surface area contributed by atoms with Crippen LogP contribution in [0.25, 0.3) is 0 Å². The van der Waals surface area contributed by atoms with Gasteiger partial charge in [0.15, 0.2) is 0 Å². The summed E-state index contributed by atoms with van der Waals surface area (Å²) in [6.07, 6.45) is 10.9. The Morgan fingerprint density at radius 3 is 1.12 bits per heavy atom. The van der Waals surface area contributed by atoms with Crippen LogP contribution >= 0.6 is 48.0 Å². The van der Waals surface area contributed by atoms with E-state index in [0.29, 0.717) is 0 Å². The van der Waals surface area contributed by atoms with Gasteiger partial charge in [-0.3, -0.25) is 0 Å². The maximum absolute atomic E-state index is 5.65. The van der Waals surface area contributed by atoms with Gasteiger partial charge in [-0.2, -0.15) is 0 Å². The summed E-state index contributed by atoms with van der Waals surface area (Å²) in [4.78, 5) is 4.84. The lowest BCUT2D eigenvalue weighted by molar-refractivity contribution is -0.893. The van der Waals surface area contributed by atoms with Crippen molar-refractivity contribution in [2.45, 2.75) is 51.4 Å². The molecule has 0 aliphatic carbocycles. The van der Waals surface area contributed by atoms with Gasteiger partial charge in [-0.1, -0.05) is 86.5 Å². The van der Waals surface area contributed by atoms with E-state index in [4.69, 9.17) is 24.4 Å². The van der Waals surface area contributed by atoms with Gasteiger partial charge in [-0.25, -0.2) is 0 Å². The van der Waals surface area contributed by atoms with E-state index in [0.717, 1.165) is 43.8 Å². The lowest BCUT2D eigenvalue weighted by Crippen LogP contribution is -3.00. The van der Waals surface area contributed by atoms with Crippen molar-refractivity contribution in [2.24, 2.45) is 0 Å². The average molecular weight is 681 g/mol. The molecule has 10 heteroatoms. The largest absolute Gasteiger partial charge is 1.00 e. The number of likely N-dealkylation sites (N-methyl/N-ethyl adjacent to an activating group) is 2. The average Bonchev–Trinajstić information content (AvgIpc) is 2.74. The summed E-state index contributed by atoms with van der Waals surface area (Å²) < 4.78 is 4.52. The van der Waals surface area contributed by atoms with Gasteiger partial charge < -0.3 is 52.7 Å². The number of hydrogen-bond donors (Lipinski definition) is 0. The molecule has 0 radical (unpaired) electrons. The molecular formula is C24H48Br2N4S4. The second kappa shape index (κ2) is 18.6. The highest BCUT2D eigenvalue weighted by molar-refractivity contribution is 8.23. The molecule has 2 saturated heterocycles. The van der Waals surface area contributed by atoms with E-state index in [1.165, 1.54) is 89.1 Å². The standard InChI is InChI=1S/C24H48N4S4.2BrH/c1-27(2)17-13-25(14-18-27)23(29)31-21-11-9-7-5-6-8-10-12-22-32-24(30)26-15-19-28(3,4)20-16-26;;/h5-22H2,1-4H3;2*1H/q+2;;/p-2. The normalized spacial score (nSPS) is 19.2. The molecule has 2 rings (SSSR count). The predicted molar refractivity (Wildman–Crippen MR) is 154 cm³/mol. The van der Waals surface area contributed by atoms with Gasteiger partial charge in [0.2, 0.25) is 0 Å². The van der Waals surface area contributed by atoms with Gasteiger partial charge >= 0.3 is 0 Å². The first-order valence-corrected chi connectivity index (χ1v) is 15.4. The van der Waals surface area contributed by atoms with Crippen molar-refractivity contribution in [1.29, 1.82) is 0 Å². The SMILES string of the molecule is C[N+]1(C)CCN(C(=S)SCCCCCCCCCCSC(=S)N2CC[N+](C)(C)CC2)CC1.[Br-].[Br-]. The van der Waals surface area contributed by atoms with Crippen LogP contribution in [0.5, 0.6) is 0 Å². The quantitative estimate of drug-likeness (QED) is 0.155. The Bertz CT molecular complexity index is 523. The van der Waals surface area contributed by atoms with Crippen molar-refractivity contribution < 1.29 is 42.9 Å². The zero-order valence-electron chi connectivity index (χ0n) is 21.9. The van der Waals surface area contributed by atoms with E-state index < -0.39 is 0 Å². The van der Waals surface area contributed by atoms with E-state index in [2.05, 4.69) is 38.0 Å². The van der Waals surface area contributed by atoms with Gasteiger partial charge in [0.25, 0.3) is 0 Å². The fourth-order valence-corrected chi connectivity index (χ4v) is 6.79. The van der Waals surface area contributed by atoms with Crippen LogP contribution in [0.2, 0.25) is 0 Å². The van der Waals surface area contributed by atoms with Crippen LogP contribution in [-0.2, 0) is 0 Å². The minimum atomic E-state index is 0. The van der Waals surface area contributed by atoms with E-state index in [1.807, 2.05) is 23.5 Å². The van der Waals surface area contributed by atoms with Gasteiger partial charge in [0, 0.05) is 11.5 Å². The summed E-state index contributed by atoms with van der Waals surface area (Å²) in [5, 5.41) is 0. The zero-order chi connectivity index (χ0) is 23.5. The maximum atomic E-state index is 5.65. The van der Waals surface area contributed by atoms with Gasteiger partial charge in [0.05, 0.1) is 80.5 Å². The second-order valence-electron chi connectivity index (χ2n) is 10.8. The van der Waals surface area contributed by atoms with E-state index in [9.17, 15) is 0 Å². The molecule has 34 heavy (non-hydrogen) atoms. The molecule has 0 amide bonds. The fraction of sp³-hybridized carbons (Fsp3) is 0.917. The molecule has 0 aromatic rings. The van der Waals surface area contributed by atoms with Crippen molar-refractivity contribution in [2.75, 3.05) is 92.1 Å². The fourth-order valence-electron chi connectivity index (χ4n) is 4.14. The third-order valence-electron chi connectivity index (χ3n) is 6.91. The van der Waals surface area contributed by atoms with Crippen LogP contribution in [0.3, 0.4) is 0 Å². The van der Waals surface area contributed by atoms with Gasteiger partial charge in [0.1, 0.15) is 8.64 Å². The van der Waals surface area contributed by atoms with E-state index in [-0.39, 0.29) is 34.0 Å². The highest BCUT2D eigenvalue weighted by Gasteiger charge is 2.26. The van der Waals surface area contributed by atoms with E-state index in [1.54, 1.807) is 0 Å². The Hall–Kier alpha value is 1.36. The van der Waals surface area contributed by atoms with Crippen LogP contribution in [0, 0.1) is 0 Å². The first-order chi connectivity index (χ1) is 15.2. The zero-order valence-corrected chi connectivity index (χ0v) is 28.3. The van der Waals surface area contributed by atoms with Gasteiger partial charge in [-0.15, -0.1) is 0 Å². The summed E-state index contributed by atoms with van der Waals surface area (Å²) in [6.45, 7) is 9.34. The number of piperazine rings is 2. The molecule has 202 valence electrons. The van der Waals surface area contributed by atoms with Crippen LogP contribution in [0.1, 0.15) is 51.4 Å². The number of hydrogen-bond acceptors (Lipinski definition) is 4. The number of rotatable bonds is 11. The predicted octanol–water partition coefficient (Wildman–Crippen LogP) is -1.06. The van der Waals surface area contributed by atoms with Crippen molar-refractivity contribution in [3.63, 3.8) is 0 Å². The number of quaternary nitrogens is 2. The molecule has 2 aliphatic rings. The molecule has 0 spiro atoms. The molecule has 0 bridgehead atoms. The van der Waals surface area contributed by atoms with Gasteiger partial charge in [-0.05, 0) is 12.8 Å². The van der Waals surface area contributed by atoms with Crippen LogP contribution < -0.4 is 34.0 Å². The number of halogens is 2. The number of thiocarbonyl (C=S) groups is 2. The minimum Gasteiger partial charge on any atom is -1.00 e. The number of unbranched alkanes of at least 4 members (excludes halogenated alkanes) is 7. The summed E-state index contributed by atoms with van der Waals surface area (Å²) in [7, 11) is 9.27. The third-order valence-corrected chi connectivity index (χ3v) is 10.1. The molecular weight excluding hydrogens is 632 g/mol. The summed E-state index contributed by atoms with van der Waals surface area (Å²) in [5.41, 5.74) is 0. The van der Waals surface area contributed by atoms with E-state index >= 15 is 0 Å². The molecule has 2 fully saturated rings. The Morgan fingerprint density at radius 1 is 0.559 bits per heavy atom. The minimum absolute atomic E-state index is 0. The molecule has 2 heterocycles.